The average Bonchev–Trinajstić information content (AvgIpc) is 2.74. The monoisotopic (exact) mass is 401 g/mol. The largest absolute Gasteiger partial charge is 0.494 e. The number of hydrazone groups is 1. The number of hydrogen-bond donors (Lipinski definition) is 2. The van der Waals surface area contributed by atoms with E-state index in [0.717, 1.165) is 11.4 Å². The zero-order valence-electron chi connectivity index (χ0n) is 17.3. The number of anilines is 1. The normalized spacial score (nSPS) is 11.6. The molecular weight excluding hydrogens is 374 g/mol. The fourth-order valence-electron chi connectivity index (χ4n) is 2.57. The Labute approximate surface area is 170 Å². The van der Waals surface area contributed by atoms with Gasteiger partial charge in [0, 0.05) is 11.3 Å². The number of nitrogens with one attached hydrogen (secondary N) is 2. The first kappa shape index (κ1) is 21.9. The van der Waals surface area contributed by atoms with Crippen LogP contribution in [0, 0.1) is 0 Å². The lowest BCUT2D eigenvalue weighted by Gasteiger charge is -2.14. The predicted molar refractivity (Wildman–Crippen MR) is 113 cm³/mol. The van der Waals surface area contributed by atoms with Crippen molar-refractivity contribution >= 4 is 17.8 Å². The number of rotatable bonds is 10. The second-order valence-corrected chi connectivity index (χ2v) is 6.02. The predicted octanol–water partition coefficient (Wildman–Crippen LogP) is 3.06. The molecule has 0 aliphatic carbocycles. The fraction of sp³-hybridized carbons (Fsp3) is 0.333. The summed E-state index contributed by atoms with van der Waals surface area (Å²) in [7, 11) is 4.61. The van der Waals surface area contributed by atoms with Crippen molar-refractivity contribution in [1.29, 1.82) is 0 Å². The van der Waals surface area contributed by atoms with Gasteiger partial charge in [-0.25, -0.2) is 5.43 Å². The van der Waals surface area contributed by atoms with Crippen LogP contribution in [0.3, 0.4) is 0 Å². The van der Waals surface area contributed by atoms with E-state index in [2.05, 4.69) is 15.8 Å². The maximum absolute atomic E-state index is 12.3. The van der Waals surface area contributed by atoms with E-state index in [-0.39, 0.29) is 5.91 Å². The summed E-state index contributed by atoms with van der Waals surface area (Å²) in [6, 6.07) is 10.4. The van der Waals surface area contributed by atoms with Crippen LogP contribution in [0.4, 0.5) is 5.69 Å². The lowest BCUT2D eigenvalue weighted by Crippen LogP contribution is -2.34. The highest BCUT2D eigenvalue weighted by molar-refractivity contribution is 5.87. The van der Waals surface area contributed by atoms with Gasteiger partial charge in [0.2, 0.25) is 5.75 Å². The third kappa shape index (κ3) is 6.03. The average molecular weight is 401 g/mol. The standard InChI is InChI=1S/C21H27N3O5/c1-6-29-17-9-7-16(8-10-17)23-14(2)21(25)24-22-13-15-11-18(26-3)20(28-5)19(12-15)27-4/h7-14,23H,6H2,1-5H3,(H,24,25)/b22-13-/t14-/m0/s1. The Bertz CT molecular complexity index is 812. The number of ether oxygens (including phenoxy) is 4. The van der Waals surface area contributed by atoms with Crippen LogP contribution in [-0.4, -0.2) is 46.1 Å². The Balaban J connectivity index is 1.97. The summed E-state index contributed by atoms with van der Waals surface area (Å²) in [6.45, 7) is 4.29. The van der Waals surface area contributed by atoms with Crippen LogP contribution in [0.25, 0.3) is 0 Å². The number of methoxy groups -OCH3 is 3. The summed E-state index contributed by atoms with van der Waals surface area (Å²) in [5, 5.41) is 7.13. The van der Waals surface area contributed by atoms with Crippen molar-refractivity contribution < 1.29 is 23.7 Å². The Morgan fingerprint density at radius 1 is 1.07 bits per heavy atom. The van der Waals surface area contributed by atoms with Crippen LogP contribution in [0.15, 0.2) is 41.5 Å². The van der Waals surface area contributed by atoms with E-state index in [0.29, 0.717) is 29.4 Å². The Morgan fingerprint density at radius 3 is 2.21 bits per heavy atom. The Kier molecular flexibility index (Phi) is 8.14. The van der Waals surface area contributed by atoms with Crippen molar-refractivity contribution in [2.24, 2.45) is 5.10 Å². The quantitative estimate of drug-likeness (QED) is 0.470. The van der Waals surface area contributed by atoms with E-state index < -0.39 is 6.04 Å². The first-order chi connectivity index (χ1) is 14.0. The topological polar surface area (TPSA) is 90.4 Å². The molecule has 0 aromatic heterocycles. The van der Waals surface area contributed by atoms with Crippen molar-refractivity contribution in [3.63, 3.8) is 0 Å². The SMILES string of the molecule is CCOc1ccc(N[C@@H](C)C(=O)N/N=C\c2cc(OC)c(OC)c(OC)c2)cc1. The first-order valence-corrected chi connectivity index (χ1v) is 9.14. The highest BCUT2D eigenvalue weighted by Gasteiger charge is 2.13. The molecule has 0 heterocycles. The molecule has 0 spiro atoms. The molecule has 2 aromatic carbocycles. The van der Waals surface area contributed by atoms with Crippen LogP contribution in [0.5, 0.6) is 23.0 Å². The number of carbonyl (C=O) groups excluding carboxylic acids is 1. The van der Waals surface area contributed by atoms with Crippen LogP contribution in [0.2, 0.25) is 0 Å². The van der Waals surface area contributed by atoms with Crippen molar-refractivity contribution in [2.75, 3.05) is 33.3 Å². The van der Waals surface area contributed by atoms with E-state index in [1.807, 2.05) is 31.2 Å². The third-order valence-electron chi connectivity index (χ3n) is 4.02. The summed E-state index contributed by atoms with van der Waals surface area (Å²) in [4.78, 5) is 12.3. The van der Waals surface area contributed by atoms with Gasteiger partial charge in [0.1, 0.15) is 11.8 Å². The van der Waals surface area contributed by atoms with Crippen LogP contribution in [0.1, 0.15) is 19.4 Å². The van der Waals surface area contributed by atoms with E-state index in [4.69, 9.17) is 18.9 Å². The second kappa shape index (κ2) is 10.8. The summed E-state index contributed by atoms with van der Waals surface area (Å²) in [5.74, 6) is 2.01. The van der Waals surface area contributed by atoms with Gasteiger partial charge in [-0.2, -0.15) is 5.10 Å². The number of hydrogen-bond acceptors (Lipinski definition) is 7. The molecule has 2 N–H and O–H groups in total. The number of amides is 1. The van der Waals surface area contributed by atoms with Crippen molar-refractivity contribution in [1.82, 2.24) is 5.43 Å². The van der Waals surface area contributed by atoms with Gasteiger partial charge in [0.05, 0.1) is 34.2 Å². The molecule has 1 atom stereocenters. The van der Waals surface area contributed by atoms with Gasteiger partial charge in [0.25, 0.3) is 5.91 Å². The van der Waals surface area contributed by atoms with E-state index >= 15 is 0 Å². The highest BCUT2D eigenvalue weighted by Crippen LogP contribution is 2.37. The Hall–Kier alpha value is -3.42. The van der Waals surface area contributed by atoms with Crippen LogP contribution in [-0.2, 0) is 4.79 Å². The fourth-order valence-corrected chi connectivity index (χ4v) is 2.57. The van der Waals surface area contributed by atoms with Gasteiger partial charge < -0.3 is 24.3 Å². The van der Waals surface area contributed by atoms with Gasteiger partial charge in [-0.05, 0) is 50.2 Å². The molecule has 8 heteroatoms. The van der Waals surface area contributed by atoms with Crippen molar-refractivity contribution in [2.45, 2.75) is 19.9 Å². The summed E-state index contributed by atoms with van der Waals surface area (Å²) < 4.78 is 21.3. The summed E-state index contributed by atoms with van der Waals surface area (Å²) in [6.07, 6.45) is 1.51. The van der Waals surface area contributed by atoms with Gasteiger partial charge in [-0.1, -0.05) is 0 Å². The zero-order chi connectivity index (χ0) is 21.2. The van der Waals surface area contributed by atoms with Crippen LogP contribution >= 0.6 is 0 Å². The second-order valence-electron chi connectivity index (χ2n) is 6.02. The molecule has 2 rings (SSSR count). The lowest BCUT2D eigenvalue weighted by molar-refractivity contribution is -0.121. The molecule has 2 aromatic rings. The van der Waals surface area contributed by atoms with Gasteiger partial charge in [0.15, 0.2) is 11.5 Å². The minimum atomic E-state index is -0.481. The summed E-state index contributed by atoms with van der Waals surface area (Å²) in [5.41, 5.74) is 4.01. The molecule has 156 valence electrons. The number of nitrogens with zero attached hydrogens (tertiary/aromatic N) is 1. The first-order valence-electron chi connectivity index (χ1n) is 9.14. The van der Waals surface area contributed by atoms with Gasteiger partial charge in [-0.3, -0.25) is 4.79 Å². The van der Waals surface area contributed by atoms with E-state index in [1.54, 1.807) is 19.1 Å². The van der Waals surface area contributed by atoms with E-state index in [9.17, 15) is 4.79 Å². The van der Waals surface area contributed by atoms with Gasteiger partial charge in [-0.15, -0.1) is 0 Å². The molecule has 0 fully saturated rings. The maximum Gasteiger partial charge on any atom is 0.262 e. The molecule has 0 bridgehead atoms. The minimum absolute atomic E-state index is 0.275. The number of carbonyl (C=O) groups is 1. The maximum atomic E-state index is 12.3. The van der Waals surface area contributed by atoms with Crippen LogP contribution < -0.4 is 29.7 Å². The number of benzene rings is 2. The summed E-state index contributed by atoms with van der Waals surface area (Å²) >= 11 is 0. The lowest BCUT2D eigenvalue weighted by atomic mass is 10.2. The molecule has 0 saturated heterocycles. The Morgan fingerprint density at radius 2 is 1.69 bits per heavy atom. The van der Waals surface area contributed by atoms with Crippen molar-refractivity contribution in [3.8, 4) is 23.0 Å². The molecular formula is C21H27N3O5. The molecule has 29 heavy (non-hydrogen) atoms. The van der Waals surface area contributed by atoms with Gasteiger partial charge >= 0.3 is 0 Å². The molecule has 0 aliphatic heterocycles. The third-order valence-corrected chi connectivity index (χ3v) is 4.02. The zero-order valence-corrected chi connectivity index (χ0v) is 17.3. The van der Waals surface area contributed by atoms with Crippen molar-refractivity contribution in [3.05, 3.63) is 42.0 Å². The smallest absolute Gasteiger partial charge is 0.262 e. The minimum Gasteiger partial charge on any atom is -0.494 e. The molecule has 0 aliphatic rings. The molecule has 1 amide bonds. The van der Waals surface area contributed by atoms with E-state index in [1.165, 1.54) is 27.5 Å². The molecule has 0 radical (unpaired) electrons. The highest BCUT2D eigenvalue weighted by atomic mass is 16.5. The molecule has 0 unspecified atom stereocenters. The molecule has 8 nitrogen and oxygen atoms in total. The molecule has 0 saturated carbocycles.